The fraction of sp³-hybridized carbons (Fsp3) is 0.857. The van der Waals surface area contributed by atoms with Crippen molar-refractivity contribution in [1.29, 1.82) is 0 Å². The van der Waals surface area contributed by atoms with Crippen molar-refractivity contribution >= 4 is 11.8 Å². The van der Waals surface area contributed by atoms with Crippen molar-refractivity contribution in [3.63, 3.8) is 0 Å². The Balaban J connectivity index is 1.97. The van der Waals surface area contributed by atoms with Crippen molar-refractivity contribution < 1.29 is 9.59 Å². The predicted molar refractivity (Wildman–Crippen MR) is 67.9 cm³/mol. The number of carbonyl (C=O) groups is 2. The van der Waals surface area contributed by atoms with Gasteiger partial charge in [-0.1, -0.05) is 12.8 Å². The highest BCUT2D eigenvalue weighted by atomic mass is 16.2. The SMILES string of the molecule is CCN1C(=O)C(C)(C2CC2)NC(=O)C12CCCC2. The van der Waals surface area contributed by atoms with Crippen LogP contribution in [0.4, 0.5) is 0 Å². The van der Waals surface area contributed by atoms with E-state index in [-0.39, 0.29) is 11.8 Å². The number of rotatable bonds is 2. The molecule has 0 aromatic rings. The van der Waals surface area contributed by atoms with E-state index < -0.39 is 11.1 Å². The molecule has 2 saturated carbocycles. The van der Waals surface area contributed by atoms with Gasteiger partial charge in [0, 0.05) is 6.54 Å². The maximum atomic E-state index is 12.8. The highest BCUT2D eigenvalue weighted by Gasteiger charge is 2.60. The van der Waals surface area contributed by atoms with Gasteiger partial charge in [0.25, 0.3) is 0 Å². The Morgan fingerprint density at radius 3 is 2.39 bits per heavy atom. The van der Waals surface area contributed by atoms with Gasteiger partial charge in [-0.05, 0) is 45.4 Å². The summed E-state index contributed by atoms with van der Waals surface area (Å²) in [5.41, 5.74) is -1.17. The van der Waals surface area contributed by atoms with Gasteiger partial charge in [-0.3, -0.25) is 9.59 Å². The summed E-state index contributed by atoms with van der Waals surface area (Å²) >= 11 is 0. The van der Waals surface area contributed by atoms with Crippen LogP contribution >= 0.6 is 0 Å². The van der Waals surface area contributed by atoms with Crippen molar-refractivity contribution in [2.75, 3.05) is 6.54 Å². The maximum Gasteiger partial charge on any atom is 0.249 e. The lowest BCUT2D eigenvalue weighted by Gasteiger charge is -2.50. The summed E-state index contributed by atoms with van der Waals surface area (Å²) in [7, 11) is 0. The van der Waals surface area contributed by atoms with Crippen molar-refractivity contribution in [3.05, 3.63) is 0 Å². The van der Waals surface area contributed by atoms with Crippen molar-refractivity contribution in [2.45, 2.75) is 63.5 Å². The summed E-state index contributed by atoms with van der Waals surface area (Å²) in [6, 6.07) is 0. The minimum absolute atomic E-state index is 0.0934. The molecule has 3 rings (SSSR count). The van der Waals surface area contributed by atoms with E-state index in [1.807, 2.05) is 18.7 Å². The monoisotopic (exact) mass is 250 g/mol. The highest BCUT2D eigenvalue weighted by molar-refractivity contribution is 6.02. The lowest BCUT2D eigenvalue weighted by atomic mass is 9.82. The number of nitrogens with zero attached hydrogens (tertiary/aromatic N) is 1. The fourth-order valence-electron chi connectivity index (χ4n) is 3.84. The lowest BCUT2D eigenvalue weighted by Crippen LogP contribution is -2.74. The van der Waals surface area contributed by atoms with E-state index in [1.54, 1.807) is 0 Å². The van der Waals surface area contributed by atoms with Gasteiger partial charge in [0.05, 0.1) is 0 Å². The van der Waals surface area contributed by atoms with Crippen LogP contribution in [0, 0.1) is 5.92 Å². The minimum Gasteiger partial charge on any atom is -0.340 e. The molecular weight excluding hydrogens is 228 g/mol. The molecule has 1 atom stereocenters. The zero-order chi connectivity index (χ0) is 13.0. The smallest absolute Gasteiger partial charge is 0.249 e. The normalized spacial score (nSPS) is 35.1. The van der Waals surface area contributed by atoms with Gasteiger partial charge in [-0.25, -0.2) is 0 Å². The Kier molecular flexibility index (Phi) is 2.48. The van der Waals surface area contributed by atoms with Crippen molar-refractivity contribution in [3.8, 4) is 0 Å². The Hall–Kier alpha value is -1.06. The summed E-state index contributed by atoms with van der Waals surface area (Å²) in [4.78, 5) is 27.2. The average Bonchev–Trinajstić information content (AvgIpc) is 3.09. The topological polar surface area (TPSA) is 49.4 Å². The van der Waals surface area contributed by atoms with Gasteiger partial charge in [-0.2, -0.15) is 0 Å². The zero-order valence-electron chi connectivity index (χ0n) is 11.3. The Morgan fingerprint density at radius 1 is 1.28 bits per heavy atom. The Bertz CT molecular complexity index is 397. The fourth-order valence-corrected chi connectivity index (χ4v) is 3.84. The second kappa shape index (κ2) is 3.72. The van der Waals surface area contributed by atoms with Gasteiger partial charge >= 0.3 is 0 Å². The number of likely N-dealkylation sites (N-methyl/N-ethyl adjacent to an activating group) is 1. The number of hydrogen-bond donors (Lipinski definition) is 1. The first-order valence-corrected chi connectivity index (χ1v) is 7.19. The van der Waals surface area contributed by atoms with E-state index in [0.29, 0.717) is 12.5 Å². The van der Waals surface area contributed by atoms with Crippen molar-refractivity contribution in [1.82, 2.24) is 10.2 Å². The van der Waals surface area contributed by atoms with Crippen LogP contribution in [0.2, 0.25) is 0 Å². The van der Waals surface area contributed by atoms with Crippen LogP contribution in [0.25, 0.3) is 0 Å². The van der Waals surface area contributed by atoms with Crippen LogP contribution in [0.5, 0.6) is 0 Å². The molecule has 2 amide bonds. The lowest BCUT2D eigenvalue weighted by molar-refractivity contribution is -0.163. The third-order valence-corrected chi connectivity index (χ3v) is 5.14. The van der Waals surface area contributed by atoms with Gasteiger partial charge in [0.2, 0.25) is 11.8 Å². The number of amides is 2. The highest BCUT2D eigenvalue weighted by Crippen LogP contribution is 2.46. The number of carbonyl (C=O) groups excluding carboxylic acids is 2. The predicted octanol–water partition coefficient (Wildman–Crippen LogP) is 1.45. The van der Waals surface area contributed by atoms with Crippen LogP contribution in [0.1, 0.15) is 52.4 Å². The molecule has 1 saturated heterocycles. The Morgan fingerprint density at radius 2 is 1.89 bits per heavy atom. The summed E-state index contributed by atoms with van der Waals surface area (Å²) in [6.07, 6.45) is 5.90. The maximum absolute atomic E-state index is 12.8. The molecule has 0 bridgehead atoms. The molecule has 4 nitrogen and oxygen atoms in total. The average molecular weight is 250 g/mol. The van der Waals surface area contributed by atoms with E-state index in [2.05, 4.69) is 5.32 Å². The molecule has 1 aliphatic heterocycles. The number of nitrogens with one attached hydrogen (secondary N) is 1. The molecule has 100 valence electrons. The molecule has 0 radical (unpaired) electrons. The number of hydrogen-bond acceptors (Lipinski definition) is 2. The molecule has 0 aromatic carbocycles. The van der Waals surface area contributed by atoms with Crippen LogP contribution in [-0.4, -0.2) is 34.3 Å². The van der Waals surface area contributed by atoms with Gasteiger partial charge < -0.3 is 10.2 Å². The van der Waals surface area contributed by atoms with Gasteiger partial charge in [0.15, 0.2) is 0 Å². The molecule has 1 spiro atoms. The zero-order valence-corrected chi connectivity index (χ0v) is 11.3. The second-order valence-corrected chi connectivity index (χ2v) is 6.22. The third-order valence-electron chi connectivity index (χ3n) is 5.14. The standard InChI is InChI=1S/C14H22N2O2/c1-3-16-12(18)13(2,10-6-7-10)15-11(17)14(16)8-4-5-9-14/h10H,3-9H2,1-2H3,(H,15,17). The second-order valence-electron chi connectivity index (χ2n) is 6.22. The largest absolute Gasteiger partial charge is 0.340 e. The molecule has 4 heteroatoms. The third kappa shape index (κ3) is 1.38. The van der Waals surface area contributed by atoms with Crippen molar-refractivity contribution in [2.24, 2.45) is 5.92 Å². The molecule has 1 heterocycles. The summed E-state index contributed by atoms with van der Waals surface area (Å²) < 4.78 is 0. The molecule has 1 unspecified atom stereocenters. The van der Waals surface area contributed by atoms with Crippen LogP contribution in [-0.2, 0) is 9.59 Å². The molecule has 2 aliphatic carbocycles. The Labute approximate surface area is 108 Å². The molecule has 1 N–H and O–H groups in total. The molecule has 3 aliphatic rings. The van der Waals surface area contributed by atoms with E-state index in [0.717, 1.165) is 38.5 Å². The van der Waals surface area contributed by atoms with E-state index in [1.165, 1.54) is 0 Å². The molecule has 0 aromatic heterocycles. The summed E-state index contributed by atoms with van der Waals surface area (Å²) in [5.74, 6) is 0.589. The van der Waals surface area contributed by atoms with Crippen LogP contribution in [0.3, 0.4) is 0 Å². The first-order chi connectivity index (χ1) is 8.54. The minimum atomic E-state index is -0.638. The van der Waals surface area contributed by atoms with E-state index >= 15 is 0 Å². The quantitative estimate of drug-likeness (QED) is 0.806. The van der Waals surface area contributed by atoms with Gasteiger partial charge in [0.1, 0.15) is 11.1 Å². The van der Waals surface area contributed by atoms with E-state index in [9.17, 15) is 9.59 Å². The molecular formula is C14H22N2O2. The molecule has 18 heavy (non-hydrogen) atoms. The summed E-state index contributed by atoms with van der Waals surface area (Å²) in [6.45, 7) is 4.55. The van der Waals surface area contributed by atoms with E-state index in [4.69, 9.17) is 0 Å². The van der Waals surface area contributed by atoms with Crippen LogP contribution < -0.4 is 5.32 Å². The van der Waals surface area contributed by atoms with Crippen LogP contribution in [0.15, 0.2) is 0 Å². The van der Waals surface area contributed by atoms with Gasteiger partial charge in [-0.15, -0.1) is 0 Å². The number of piperazine rings is 1. The first-order valence-electron chi connectivity index (χ1n) is 7.19. The first kappa shape index (κ1) is 12.0. The summed E-state index contributed by atoms with van der Waals surface area (Å²) in [5, 5.41) is 3.07. The molecule has 3 fully saturated rings.